The average Bonchev–Trinajstić information content (AvgIpc) is 2.74. The van der Waals surface area contributed by atoms with Crippen molar-refractivity contribution in [1.29, 1.82) is 0 Å². The Morgan fingerprint density at radius 3 is 2.43 bits per heavy atom. The first-order valence-corrected chi connectivity index (χ1v) is 10.2. The molecule has 6 heteroatoms. The standard InChI is InChI=1S/C24H26F2N3O/c25-22-4-1-18(2-5-22)13-24-15-21-14-23(26)6-3-20(21)17-28(24)12-9-27-16-19-7-10-29(30)11-8-19/h1-8,10-11,14,24,27,30H,9,12-13,15-17H2/q+1. The lowest BCUT2D eigenvalue weighted by molar-refractivity contribution is -0.904. The first-order valence-electron chi connectivity index (χ1n) is 10.2. The topological polar surface area (TPSA) is 39.4 Å². The highest BCUT2D eigenvalue weighted by molar-refractivity contribution is 5.32. The largest absolute Gasteiger partial charge is 0.311 e. The summed E-state index contributed by atoms with van der Waals surface area (Å²) in [5.41, 5.74) is 4.42. The molecule has 0 bridgehead atoms. The maximum absolute atomic E-state index is 13.7. The van der Waals surface area contributed by atoms with Gasteiger partial charge in [0.05, 0.1) is 0 Å². The summed E-state index contributed by atoms with van der Waals surface area (Å²) in [6, 6.07) is 15.7. The first kappa shape index (κ1) is 20.4. The summed E-state index contributed by atoms with van der Waals surface area (Å²) in [4.78, 5) is 2.42. The van der Waals surface area contributed by atoms with Crippen molar-refractivity contribution in [3.8, 4) is 0 Å². The lowest BCUT2D eigenvalue weighted by Gasteiger charge is -2.37. The summed E-state index contributed by atoms with van der Waals surface area (Å²) in [6.45, 7) is 3.16. The minimum atomic E-state index is -0.233. The van der Waals surface area contributed by atoms with E-state index < -0.39 is 0 Å². The number of hydrogen-bond acceptors (Lipinski definition) is 3. The average molecular weight is 410 g/mol. The number of benzene rings is 2. The van der Waals surface area contributed by atoms with Crippen LogP contribution >= 0.6 is 0 Å². The molecule has 2 N–H and O–H groups in total. The molecular formula is C24H26F2N3O+. The molecule has 4 nitrogen and oxygen atoms in total. The fourth-order valence-corrected chi connectivity index (χ4v) is 4.05. The summed E-state index contributed by atoms with van der Waals surface area (Å²) in [6.07, 6.45) is 4.79. The molecule has 0 saturated heterocycles. The normalized spacial score (nSPS) is 16.4. The number of pyridine rings is 1. The van der Waals surface area contributed by atoms with Gasteiger partial charge in [-0.3, -0.25) is 10.1 Å². The number of nitrogens with zero attached hydrogens (tertiary/aromatic N) is 2. The Labute approximate surface area is 175 Å². The molecule has 3 aromatic rings. The van der Waals surface area contributed by atoms with Crippen LogP contribution in [0.1, 0.15) is 22.3 Å². The number of fused-ring (bicyclic) bond motifs is 1. The number of hydrogen-bond donors (Lipinski definition) is 2. The molecule has 4 rings (SSSR count). The fraction of sp³-hybridized carbons (Fsp3) is 0.292. The van der Waals surface area contributed by atoms with Crippen molar-refractivity contribution in [2.45, 2.75) is 32.0 Å². The maximum Gasteiger partial charge on any atom is 0.222 e. The maximum atomic E-state index is 13.7. The van der Waals surface area contributed by atoms with Crippen LogP contribution in [0, 0.1) is 11.6 Å². The smallest absolute Gasteiger partial charge is 0.222 e. The number of nitrogens with one attached hydrogen (secondary N) is 1. The number of halogens is 2. The fourth-order valence-electron chi connectivity index (χ4n) is 4.05. The van der Waals surface area contributed by atoms with E-state index in [-0.39, 0.29) is 17.7 Å². The van der Waals surface area contributed by atoms with Crippen molar-refractivity contribution in [2.24, 2.45) is 0 Å². The van der Waals surface area contributed by atoms with E-state index in [1.165, 1.54) is 23.8 Å². The molecule has 1 atom stereocenters. The first-order chi connectivity index (χ1) is 14.6. The van der Waals surface area contributed by atoms with E-state index in [0.717, 1.165) is 60.4 Å². The molecule has 1 unspecified atom stereocenters. The van der Waals surface area contributed by atoms with Crippen LogP contribution in [0.3, 0.4) is 0 Å². The highest BCUT2D eigenvalue weighted by atomic mass is 19.1. The van der Waals surface area contributed by atoms with Crippen molar-refractivity contribution in [3.05, 3.63) is 101 Å². The van der Waals surface area contributed by atoms with Crippen LogP contribution in [-0.2, 0) is 25.9 Å². The van der Waals surface area contributed by atoms with Gasteiger partial charge in [0.15, 0.2) is 0 Å². The van der Waals surface area contributed by atoms with Crippen LogP contribution in [0.25, 0.3) is 0 Å². The Balaban J connectivity index is 1.41. The summed E-state index contributed by atoms with van der Waals surface area (Å²) in [7, 11) is 0. The molecule has 1 aliphatic rings. The third-order valence-electron chi connectivity index (χ3n) is 5.69. The zero-order chi connectivity index (χ0) is 20.9. The summed E-state index contributed by atoms with van der Waals surface area (Å²) in [5.74, 6) is -0.431. The van der Waals surface area contributed by atoms with Crippen molar-refractivity contribution in [3.63, 3.8) is 0 Å². The highest BCUT2D eigenvalue weighted by Gasteiger charge is 2.26. The van der Waals surface area contributed by atoms with E-state index in [4.69, 9.17) is 0 Å². The summed E-state index contributed by atoms with van der Waals surface area (Å²) in [5, 5.41) is 12.8. The van der Waals surface area contributed by atoms with Crippen LogP contribution < -0.4 is 10.0 Å². The monoisotopic (exact) mass is 410 g/mol. The van der Waals surface area contributed by atoms with Crippen molar-refractivity contribution in [2.75, 3.05) is 13.1 Å². The van der Waals surface area contributed by atoms with Gasteiger partial charge in [0.1, 0.15) is 11.6 Å². The molecule has 0 radical (unpaired) electrons. The van der Waals surface area contributed by atoms with Gasteiger partial charge < -0.3 is 5.32 Å². The Morgan fingerprint density at radius 2 is 1.67 bits per heavy atom. The van der Waals surface area contributed by atoms with Gasteiger partial charge in [-0.15, -0.1) is 0 Å². The van der Waals surface area contributed by atoms with E-state index >= 15 is 0 Å². The third kappa shape index (κ3) is 5.20. The highest BCUT2D eigenvalue weighted by Crippen LogP contribution is 2.26. The number of rotatable bonds is 7. The van der Waals surface area contributed by atoms with Gasteiger partial charge in [0.2, 0.25) is 12.4 Å². The van der Waals surface area contributed by atoms with E-state index in [0.29, 0.717) is 0 Å². The lowest BCUT2D eigenvalue weighted by atomic mass is 9.90. The number of aromatic nitrogens is 1. The van der Waals surface area contributed by atoms with Crippen molar-refractivity contribution in [1.82, 2.24) is 10.2 Å². The second-order valence-corrected chi connectivity index (χ2v) is 7.84. The van der Waals surface area contributed by atoms with E-state index in [2.05, 4.69) is 10.2 Å². The van der Waals surface area contributed by atoms with E-state index in [1.54, 1.807) is 18.5 Å². The lowest BCUT2D eigenvalue weighted by Crippen LogP contribution is -2.44. The molecule has 2 aromatic carbocycles. The van der Waals surface area contributed by atoms with Gasteiger partial charge in [0, 0.05) is 49.1 Å². The van der Waals surface area contributed by atoms with Gasteiger partial charge in [-0.1, -0.05) is 18.2 Å². The zero-order valence-corrected chi connectivity index (χ0v) is 16.8. The molecule has 30 heavy (non-hydrogen) atoms. The molecule has 0 aliphatic carbocycles. The second-order valence-electron chi connectivity index (χ2n) is 7.84. The zero-order valence-electron chi connectivity index (χ0n) is 16.8. The Morgan fingerprint density at radius 1 is 0.933 bits per heavy atom. The van der Waals surface area contributed by atoms with E-state index in [9.17, 15) is 14.0 Å². The van der Waals surface area contributed by atoms with Gasteiger partial charge in [-0.25, -0.2) is 8.78 Å². The molecule has 0 amide bonds. The van der Waals surface area contributed by atoms with Crippen molar-refractivity contribution >= 4 is 0 Å². The third-order valence-corrected chi connectivity index (χ3v) is 5.69. The predicted molar refractivity (Wildman–Crippen MR) is 110 cm³/mol. The van der Waals surface area contributed by atoms with Crippen LogP contribution in [0.15, 0.2) is 67.0 Å². The quantitative estimate of drug-likeness (QED) is 0.357. The minimum Gasteiger partial charge on any atom is -0.311 e. The molecule has 0 spiro atoms. The van der Waals surface area contributed by atoms with Crippen molar-refractivity contribution < 1.29 is 18.7 Å². The SMILES string of the molecule is O[n+]1ccc(CNCCN2Cc3ccc(F)cc3CC2Cc2ccc(F)cc2)cc1. The van der Waals surface area contributed by atoms with Crippen LogP contribution in [0.2, 0.25) is 0 Å². The summed E-state index contributed by atoms with van der Waals surface area (Å²) < 4.78 is 28.0. The Hall–Kier alpha value is -2.83. The molecule has 0 saturated carbocycles. The van der Waals surface area contributed by atoms with Gasteiger partial charge in [-0.2, -0.15) is 0 Å². The molecule has 0 fully saturated rings. The van der Waals surface area contributed by atoms with Gasteiger partial charge >= 0.3 is 0 Å². The van der Waals surface area contributed by atoms with E-state index in [1.807, 2.05) is 30.3 Å². The molecular weight excluding hydrogens is 384 g/mol. The Kier molecular flexibility index (Phi) is 6.35. The summed E-state index contributed by atoms with van der Waals surface area (Å²) >= 11 is 0. The molecule has 2 heterocycles. The minimum absolute atomic E-state index is 0.198. The van der Waals surface area contributed by atoms with Gasteiger partial charge in [-0.05, 0) is 59.4 Å². The van der Waals surface area contributed by atoms with Crippen LogP contribution in [0.4, 0.5) is 8.78 Å². The van der Waals surface area contributed by atoms with Gasteiger partial charge in [0.25, 0.3) is 0 Å². The molecule has 1 aromatic heterocycles. The Bertz CT molecular complexity index is 977. The van der Waals surface area contributed by atoms with Crippen LogP contribution in [0.5, 0.6) is 0 Å². The second kappa shape index (κ2) is 9.32. The van der Waals surface area contributed by atoms with Crippen LogP contribution in [-0.4, -0.2) is 29.2 Å². The predicted octanol–water partition coefficient (Wildman–Crippen LogP) is 3.25. The molecule has 1 aliphatic heterocycles. The molecule has 156 valence electrons.